The molecule has 0 fully saturated rings. The van der Waals surface area contributed by atoms with Gasteiger partial charge >= 0.3 is 6.03 Å². The van der Waals surface area contributed by atoms with E-state index in [-0.39, 0.29) is 10.6 Å². The second-order valence-corrected chi connectivity index (χ2v) is 7.34. The summed E-state index contributed by atoms with van der Waals surface area (Å²) >= 11 is 1.22. The maximum atomic E-state index is 12.0. The normalized spacial score (nSPS) is 11.2. The number of urea groups is 1. The fourth-order valence-corrected chi connectivity index (χ4v) is 4.03. The summed E-state index contributed by atoms with van der Waals surface area (Å²) in [7, 11) is -3.89. The molecule has 2 rings (SSSR count). The average molecular weight is 340 g/mol. The van der Waals surface area contributed by atoms with Crippen molar-refractivity contribution in [1.29, 1.82) is 0 Å². The molecule has 1 aromatic heterocycles. The number of hydrogen-bond acceptors (Lipinski definition) is 5. The summed E-state index contributed by atoms with van der Waals surface area (Å²) in [4.78, 5) is 12.0. The molecule has 6 nitrogen and oxygen atoms in total. The van der Waals surface area contributed by atoms with Gasteiger partial charge in [-0.25, -0.2) is 17.9 Å². The largest absolute Gasteiger partial charge is 0.507 e. The van der Waals surface area contributed by atoms with E-state index < -0.39 is 16.1 Å². The number of hydrogen-bond donors (Lipinski definition) is 3. The first-order chi connectivity index (χ1) is 10.2. The number of rotatable bonds is 3. The van der Waals surface area contributed by atoms with Gasteiger partial charge in [0.1, 0.15) is 5.75 Å². The van der Waals surface area contributed by atoms with Crippen molar-refractivity contribution in [3.8, 4) is 5.75 Å². The number of aromatic hydroxyl groups is 1. The van der Waals surface area contributed by atoms with Gasteiger partial charge < -0.3 is 10.4 Å². The number of nitrogens with one attached hydrogen (secondary N) is 2. The van der Waals surface area contributed by atoms with Crippen LogP contribution in [-0.2, 0) is 10.0 Å². The van der Waals surface area contributed by atoms with E-state index in [0.717, 1.165) is 5.56 Å². The molecule has 0 aliphatic carbocycles. The van der Waals surface area contributed by atoms with Crippen LogP contribution in [-0.4, -0.2) is 19.6 Å². The lowest BCUT2D eigenvalue weighted by Crippen LogP contribution is -2.34. The van der Waals surface area contributed by atoms with E-state index in [1.54, 1.807) is 32.2 Å². The van der Waals surface area contributed by atoms with Crippen molar-refractivity contribution in [1.82, 2.24) is 4.72 Å². The molecule has 8 heteroatoms. The Morgan fingerprint density at radius 2 is 1.91 bits per heavy atom. The van der Waals surface area contributed by atoms with Crippen molar-refractivity contribution < 1.29 is 18.3 Å². The molecular formula is C14H16N2O4S2. The third-order valence-corrected chi connectivity index (χ3v) is 5.36. The van der Waals surface area contributed by atoms with Gasteiger partial charge in [-0.1, -0.05) is 6.07 Å². The molecule has 0 bridgehead atoms. The lowest BCUT2D eigenvalue weighted by Gasteiger charge is -2.15. The zero-order valence-corrected chi connectivity index (χ0v) is 13.9. The Hall–Kier alpha value is -2.06. The molecule has 3 N–H and O–H groups in total. The lowest BCUT2D eigenvalue weighted by molar-refractivity contribution is 0.256. The predicted octanol–water partition coefficient (Wildman–Crippen LogP) is 2.89. The van der Waals surface area contributed by atoms with E-state index in [9.17, 15) is 18.3 Å². The van der Waals surface area contributed by atoms with Gasteiger partial charge in [0, 0.05) is 10.9 Å². The van der Waals surface area contributed by atoms with Crippen LogP contribution in [0.1, 0.15) is 16.7 Å². The van der Waals surface area contributed by atoms with Crippen LogP contribution in [0.25, 0.3) is 0 Å². The minimum absolute atomic E-state index is 0.0350. The van der Waals surface area contributed by atoms with Gasteiger partial charge in [-0.3, -0.25) is 0 Å². The molecule has 2 aromatic rings. The van der Waals surface area contributed by atoms with Crippen molar-refractivity contribution in [2.75, 3.05) is 5.32 Å². The van der Waals surface area contributed by atoms with Crippen LogP contribution in [0.2, 0.25) is 0 Å². The molecule has 0 radical (unpaired) electrons. The Balaban J connectivity index is 2.22. The topological polar surface area (TPSA) is 95.5 Å². The number of benzene rings is 1. The van der Waals surface area contributed by atoms with E-state index in [1.165, 1.54) is 22.8 Å². The second-order valence-electron chi connectivity index (χ2n) is 4.88. The third-order valence-electron chi connectivity index (χ3n) is 3.20. The number of carbonyl (C=O) groups is 1. The molecule has 118 valence electrons. The van der Waals surface area contributed by atoms with Gasteiger partial charge in [0.2, 0.25) is 0 Å². The molecule has 0 spiro atoms. The van der Waals surface area contributed by atoms with Gasteiger partial charge in [-0.15, -0.1) is 0 Å². The van der Waals surface area contributed by atoms with Crippen molar-refractivity contribution >= 4 is 33.1 Å². The lowest BCUT2D eigenvalue weighted by atomic mass is 10.0. The number of thiophene rings is 1. The molecule has 0 unspecified atom stereocenters. The predicted molar refractivity (Wildman–Crippen MR) is 86.0 cm³/mol. The minimum Gasteiger partial charge on any atom is -0.507 e. The average Bonchev–Trinajstić information content (AvgIpc) is 2.95. The van der Waals surface area contributed by atoms with Crippen molar-refractivity contribution in [3.63, 3.8) is 0 Å². The zero-order chi connectivity index (χ0) is 16.5. The van der Waals surface area contributed by atoms with E-state index in [2.05, 4.69) is 5.32 Å². The fourth-order valence-electron chi connectivity index (χ4n) is 2.09. The smallest absolute Gasteiger partial charge is 0.333 e. The Kier molecular flexibility index (Phi) is 4.43. The van der Waals surface area contributed by atoms with Crippen LogP contribution in [0.4, 0.5) is 10.5 Å². The molecule has 0 aliphatic heterocycles. The summed E-state index contributed by atoms with van der Waals surface area (Å²) in [6.07, 6.45) is 0. The van der Waals surface area contributed by atoms with Gasteiger partial charge in [-0.2, -0.15) is 11.3 Å². The molecule has 2 amide bonds. The molecule has 22 heavy (non-hydrogen) atoms. The number of carbonyl (C=O) groups excluding carboxylic acids is 1. The Labute approximate surface area is 132 Å². The summed E-state index contributed by atoms with van der Waals surface area (Å²) in [5.74, 6) is 0.0709. The highest BCUT2D eigenvalue weighted by Gasteiger charge is 2.19. The monoisotopic (exact) mass is 340 g/mol. The number of phenolic OH excluding ortho intramolecular Hbond substituents is 1. The van der Waals surface area contributed by atoms with E-state index in [4.69, 9.17) is 0 Å². The quantitative estimate of drug-likeness (QED) is 0.800. The number of amides is 2. The molecule has 0 saturated heterocycles. The van der Waals surface area contributed by atoms with Crippen molar-refractivity contribution in [2.24, 2.45) is 0 Å². The Morgan fingerprint density at radius 3 is 2.50 bits per heavy atom. The highest BCUT2D eigenvalue weighted by atomic mass is 32.2. The number of anilines is 1. The van der Waals surface area contributed by atoms with Gasteiger partial charge in [0.05, 0.1) is 10.6 Å². The Bertz CT molecular complexity index is 812. The van der Waals surface area contributed by atoms with Gasteiger partial charge in [-0.05, 0) is 43.3 Å². The third kappa shape index (κ3) is 3.23. The first-order valence-electron chi connectivity index (χ1n) is 6.38. The highest BCUT2D eigenvalue weighted by Crippen LogP contribution is 2.31. The first kappa shape index (κ1) is 16.3. The van der Waals surface area contributed by atoms with E-state index in [0.29, 0.717) is 16.8 Å². The number of aryl methyl sites for hydroxylation is 2. The maximum absolute atomic E-state index is 12.0. The summed E-state index contributed by atoms with van der Waals surface area (Å²) in [6, 6.07) is 2.25. The number of phenols is 1. The van der Waals surface area contributed by atoms with Crippen molar-refractivity contribution in [2.45, 2.75) is 25.7 Å². The first-order valence-corrected chi connectivity index (χ1v) is 8.80. The molecular weight excluding hydrogens is 324 g/mol. The van der Waals surface area contributed by atoms with Crippen LogP contribution in [0.15, 0.2) is 27.8 Å². The fraction of sp³-hybridized carbons (Fsp3) is 0.214. The maximum Gasteiger partial charge on any atom is 0.333 e. The minimum atomic E-state index is -3.89. The highest BCUT2D eigenvalue weighted by molar-refractivity contribution is 7.90. The molecule has 0 aliphatic rings. The van der Waals surface area contributed by atoms with Crippen LogP contribution in [0.5, 0.6) is 5.75 Å². The van der Waals surface area contributed by atoms with Crippen LogP contribution >= 0.6 is 11.3 Å². The molecule has 1 aromatic carbocycles. The standard InChI is InChI=1S/C14H16N2O4S2/c1-8-6-9(2)13(17)10(3)12(8)15-14(18)16-22(19,20)11-4-5-21-7-11/h4-7,17H,1-3H3,(H2,15,16,18). The summed E-state index contributed by atoms with van der Waals surface area (Å²) < 4.78 is 25.9. The van der Waals surface area contributed by atoms with Gasteiger partial charge in [0.25, 0.3) is 10.0 Å². The zero-order valence-electron chi connectivity index (χ0n) is 12.3. The van der Waals surface area contributed by atoms with E-state index in [1.807, 2.05) is 4.72 Å². The Morgan fingerprint density at radius 1 is 1.23 bits per heavy atom. The van der Waals surface area contributed by atoms with Crippen LogP contribution < -0.4 is 10.0 Å². The summed E-state index contributed by atoms with van der Waals surface area (Å²) in [5.41, 5.74) is 2.30. The van der Waals surface area contributed by atoms with Crippen LogP contribution in [0.3, 0.4) is 0 Å². The summed E-state index contributed by atoms with van der Waals surface area (Å²) in [6.45, 7) is 5.17. The van der Waals surface area contributed by atoms with Crippen molar-refractivity contribution in [3.05, 3.63) is 39.6 Å². The van der Waals surface area contributed by atoms with E-state index >= 15 is 0 Å². The number of sulfonamides is 1. The molecule has 1 heterocycles. The SMILES string of the molecule is Cc1cc(C)c(NC(=O)NS(=O)(=O)c2ccsc2)c(C)c1O. The van der Waals surface area contributed by atoms with Gasteiger partial charge in [0.15, 0.2) is 0 Å². The van der Waals surface area contributed by atoms with Crippen LogP contribution in [0, 0.1) is 20.8 Å². The summed E-state index contributed by atoms with van der Waals surface area (Å²) in [5, 5.41) is 15.4. The molecule has 0 atom stereocenters. The second kappa shape index (κ2) is 5.98. The molecule has 0 saturated carbocycles.